The topological polar surface area (TPSA) is 46.4 Å². The van der Waals surface area contributed by atoms with Gasteiger partial charge in [0, 0.05) is 30.9 Å². The van der Waals surface area contributed by atoms with Crippen molar-refractivity contribution in [2.45, 2.75) is 13.0 Å². The molecule has 0 aromatic heterocycles. The van der Waals surface area contributed by atoms with Crippen LogP contribution in [0.25, 0.3) is 0 Å². The first-order valence-corrected chi connectivity index (χ1v) is 6.30. The van der Waals surface area contributed by atoms with Crippen LogP contribution in [-0.2, 0) is 13.0 Å². The molecule has 2 aromatic rings. The number of anilines is 1. The zero-order valence-electron chi connectivity index (χ0n) is 10.5. The number of hydrogen-bond donors (Lipinski definition) is 0. The third kappa shape index (κ3) is 2.29. The van der Waals surface area contributed by atoms with Gasteiger partial charge in [-0.1, -0.05) is 24.3 Å². The number of rotatable bonds is 2. The summed E-state index contributed by atoms with van der Waals surface area (Å²) in [4.78, 5) is 12.7. The summed E-state index contributed by atoms with van der Waals surface area (Å²) >= 11 is 0. The van der Waals surface area contributed by atoms with E-state index in [4.69, 9.17) is 0 Å². The fraction of sp³-hybridized carbons (Fsp3) is 0.200. The molecule has 0 unspecified atom stereocenters. The molecule has 2 aromatic carbocycles. The standard InChI is InChI=1S/C15H14N2O2/c18-17(19)15-7-6-13-11-16(9-8-12(13)10-15)14-4-2-1-3-5-14/h1-7,10H,8-9,11H2. The first kappa shape index (κ1) is 11.7. The molecule has 4 heteroatoms. The lowest BCUT2D eigenvalue weighted by Gasteiger charge is -2.30. The Hall–Kier alpha value is -2.36. The van der Waals surface area contributed by atoms with Crippen LogP contribution in [0.5, 0.6) is 0 Å². The van der Waals surface area contributed by atoms with Crippen LogP contribution in [0.15, 0.2) is 48.5 Å². The van der Waals surface area contributed by atoms with Crippen molar-refractivity contribution in [1.82, 2.24) is 0 Å². The number of fused-ring (bicyclic) bond motifs is 1. The minimum absolute atomic E-state index is 0.187. The van der Waals surface area contributed by atoms with Gasteiger partial charge in [-0.2, -0.15) is 0 Å². The lowest BCUT2D eigenvalue weighted by atomic mass is 9.98. The Bertz CT molecular complexity index is 611. The molecule has 0 spiro atoms. The van der Waals surface area contributed by atoms with Crippen molar-refractivity contribution in [2.24, 2.45) is 0 Å². The molecule has 3 rings (SSSR count). The zero-order chi connectivity index (χ0) is 13.2. The highest BCUT2D eigenvalue weighted by Gasteiger charge is 2.18. The SMILES string of the molecule is O=[N+]([O-])c1ccc2c(c1)CCN(c1ccccc1)C2. The largest absolute Gasteiger partial charge is 0.367 e. The van der Waals surface area contributed by atoms with Crippen LogP contribution in [0.1, 0.15) is 11.1 Å². The number of nitro benzene ring substituents is 1. The molecular weight excluding hydrogens is 240 g/mol. The predicted octanol–water partition coefficient (Wildman–Crippen LogP) is 3.16. The number of non-ortho nitro benzene ring substituents is 1. The summed E-state index contributed by atoms with van der Waals surface area (Å²) in [7, 11) is 0. The van der Waals surface area contributed by atoms with Gasteiger partial charge in [-0.15, -0.1) is 0 Å². The first-order chi connectivity index (χ1) is 9.24. The van der Waals surface area contributed by atoms with E-state index in [0.29, 0.717) is 0 Å². The molecule has 1 aliphatic heterocycles. The molecule has 0 atom stereocenters. The van der Waals surface area contributed by atoms with Crippen LogP contribution in [0.4, 0.5) is 11.4 Å². The predicted molar refractivity (Wildman–Crippen MR) is 74.3 cm³/mol. The lowest BCUT2D eigenvalue weighted by molar-refractivity contribution is -0.384. The van der Waals surface area contributed by atoms with Gasteiger partial charge in [0.1, 0.15) is 0 Å². The van der Waals surface area contributed by atoms with Crippen molar-refractivity contribution in [3.63, 3.8) is 0 Å². The quantitative estimate of drug-likeness (QED) is 0.611. The molecule has 0 radical (unpaired) electrons. The smallest absolute Gasteiger partial charge is 0.269 e. The molecule has 0 N–H and O–H groups in total. The van der Waals surface area contributed by atoms with E-state index in [9.17, 15) is 10.1 Å². The molecule has 19 heavy (non-hydrogen) atoms. The average molecular weight is 254 g/mol. The highest BCUT2D eigenvalue weighted by molar-refractivity contribution is 5.51. The molecular formula is C15H14N2O2. The highest BCUT2D eigenvalue weighted by Crippen LogP contribution is 2.26. The van der Waals surface area contributed by atoms with Crippen molar-refractivity contribution in [3.8, 4) is 0 Å². The highest BCUT2D eigenvalue weighted by atomic mass is 16.6. The Morgan fingerprint density at radius 2 is 1.84 bits per heavy atom. The van der Waals surface area contributed by atoms with Crippen molar-refractivity contribution in [3.05, 3.63) is 69.8 Å². The normalized spacial score (nSPS) is 14.0. The molecule has 0 saturated carbocycles. The van der Waals surface area contributed by atoms with Crippen molar-refractivity contribution < 1.29 is 4.92 Å². The van der Waals surface area contributed by atoms with Crippen LogP contribution in [0.2, 0.25) is 0 Å². The minimum atomic E-state index is -0.330. The Kier molecular flexibility index (Phi) is 2.91. The summed E-state index contributed by atoms with van der Waals surface area (Å²) in [6.45, 7) is 1.72. The van der Waals surface area contributed by atoms with Crippen molar-refractivity contribution >= 4 is 11.4 Å². The monoisotopic (exact) mass is 254 g/mol. The zero-order valence-corrected chi connectivity index (χ0v) is 10.5. The first-order valence-electron chi connectivity index (χ1n) is 6.30. The van der Waals surface area contributed by atoms with Gasteiger partial charge in [0.2, 0.25) is 0 Å². The summed E-state index contributed by atoms with van der Waals surface area (Å²) in [6.07, 6.45) is 0.853. The van der Waals surface area contributed by atoms with Crippen LogP contribution >= 0.6 is 0 Å². The number of nitro groups is 1. The van der Waals surface area contributed by atoms with Gasteiger partial charge in [0.05, 0.1) is 4.92 Å². The molecule has 4 nitrogen and oxygen atoms in total. The van der Waals surface area contributed by atoms with Crippen molar-refractivity contribution in [1.29, 1.82) is 0 Å². The maximum absolute atomic E-state index is 10.8. The van der Waals surface area contributed by atoms with E-state index in [-0.39, 0.29) is 10.6 Å². The van der Waals surface area contributed by atoms with Gasteiger partial charge in [-0.25, -0.2) is 0 Å². The Morgan fingerprint density at radius 1 is 1.05 bits per heavy atom. The summed E-state index contributed by atoms with van der Waals surface area (Å²) < 4.78 is 0. The van der Waals surface area contributed by atoms with E-state index in [2.05, 4.69) is 17.0 Å². The van der Waals surface area contributed by atoms with E-state index in [1.807, 2.05) is 24.3 Å². The third-order valence-electron chi connectivity index (χ3n) is 3.53. The van der Waals surface area contributed by atoms with Gasteiger partial charge in [-0.05, 0) is 29.7 Å². The second-order valence-corrected chi connectivity index (χ2v) is 4.72. The van der Waals surface area contributed by atoms with E-state index in [0.717, 1.165) is 25.1 Å². The summed E-state index contributed by atoms with van der Waals surface area (Å²) in [6, 6.07) is 15.4. The second-order valence-electron chi connectivity index (χ2n) is 4.72. The molecule has 0 bridgehead atoms. The fourth-order valence-corrected chi connectivity index (χ4v) is 2.51. The minimum Gasteiger partial charge on any atom is -0.367 e. The Balaban J connectivity index is 1.87. The maximum atomic E-state index is 10.8. The number of nitrogens with zero attached hydrogens (tertiary/aromatic N) is 2. The maximum Gasteiger partial charge on any atom is 0.269 e. The summed E-state index contributed by atoms with van der Waals surface area (Å²) in [5.41, 5.74) is 3.67. The van der Waals surface area contributed by atoms with E-state index in [1.165, 1.54) is 11.3 Å². The molecule has 0 saturated heterocycles. The number of benzene rings is 2. The molecule has 0 fully saturated rings. The molecule has 1 aliphatic rings. The molecule has 0 amide bonds. The van der Waals surface area contributed by atoms with Crippen LogP contribution in [0.3, 0.4) is 0 Å². The Morgan fingerprint density at radius 3 is 2.58 bits per heavy atom. The van der Waals surface area contributed by atoms with Gasteiger partial charge in [0.15, 0.2) is 0 Å². The molecule has 96 valence electrons. The summed E-state index contributed by atoms with van der Waals surface area (Å²) in [5, 5.41) is 10.8. The molecule has 0 aliphatic carbocycles. The number of hydrogen-bond acceptors (Lipinski definition) is 3. The number of para-hydroxylation sites is 1. The van der Waals surface area contributed by atoms with Crippen LogP contribution in [-0.4, -0.2) is 11.5 Å². The third-order valence-corrected chi connectivity index (χ3v) is 3.53. The van der Waals surface area contributed by atoms with E-state index >= 15 is 0 Å². The fourth-order valence-electron chi connectivity index (χ4n) is 2.51. The average Bonchev–Trinajstić information content (AvgIpc) is 2.47. The van der Waals surface area contributed by atoms with Crippen molar-refractivity contribution in [2.75, 3.05) is 11.4 Å². The van der Waals surface area contributed by atoms with E-state index in [1.54, 1.807) is 12.1 Å². The van der Waals surface area contributed by atoms with Crippen LogP contribution in [0, 0.1) is 10.1 Å². The van der Waals surface area contributed by atoms with Gasteiger partial charge >= 0.3 is 0 Å². The Labute approximate surface area is 111 Å². The van der Waals surface area contributed by atoms with Gasteiger partial charge in [0.25, 0.3) is 5.69 Å². The van der Waals surface area contributed by atoms with E-state index < -0.39 is 0 Å². The van der Waals surface area contributed by atoms with Gasteiger partial charge < -0.3 is 4.90 Å². The summed E-state index contributed by atoms with van der Waals surface area (Å²) in [5.74, 6) is 0. The molecule has 1 heterocycles. The van der Waals surface area contributed by atoms with Gasteiger partial charge in [-0.3, -0.25) is 10.1 Å². The van der Waals surface area contributed by atoms with Crippen LogP contribution < -0.4 is 4.90 Å². The lowest BCUT2D eigenvalue weighted by Crippen LogP contribution is -2.30. The second kappa shape index (κ2) is 4.72.